The molecule has 1 saturated carbocycles. The van der Waals surface area contributed by atoms with E-state index in [9.17, 15) is 0 Å². The molecular formula is C12H23O3P3. The van der Waals surface area contributed by atoms with Gasteiger partial charge in [-0.15, -0.1) is 6.58 Å². The zero-order valence-electron chi connectivity index (χ0n) is 10.7. The lowest BCUT2D eigenvalue weighted by atomic mass is 9.90. The van der Waals surface area contributed by atoms with Gasteiger partial charge in [0.25, 0.3) is 0 Å². The molecule has 1 aliphatic carbocycles. The SMILES string of the molecule is C=CC[C@@H]1[C@@H](C=C[C@H](C)OP)[C@H](OP)C[C@@H]1OP. The third kappa shape index (κ3) is 4.34. The second kappa shape index (κ2) is 8.75. The number of hydrogen-bond donors (Lipinski definition) is 0. The van der Waals surface area contributed by atoms with Crippen LogP contribution >= 0.6 is 28.4 Å². The van der Waals surface area contributed by atoms with Crippen LogP contribution in [-0.4, -0.2) is 18.3 Å². The molecular weight excluding hydrogens is 285 g/mol. The van der Waals surface area contributed by atoms with Crippen molar-refractivity contribution in [3.8, 4) is 0 Å². The van der Waals surface area contributed by atoms with Crippen LogP contribution in [0.3, 0.4) is 0 Å². The Morgan fingerprint density at radius 2 is 1.94 bits per heavy atom. The van der Waals surface area contributed by atoms with Gasteiger partial charge in [-0.2, -0.15) is 0 Å². The van der Waals surface area contributed by atoms with E-state index >= 15 is 0 Å². The average Bonchev–Trinajstić information content (AvgIpc) is 2.73. The summed E-state index contributed by atoms with van der Waals surface area (Å²) in [5.41, 5.74) is 0. The molecule has 0 spiro atoms. The summed E-state index contributed by atoms with van der Waals surface area (Å²) in [7, 11) is 7.01. The Morgan fingerprint density at radius 3 is 2.44 bits per heavy atom. The van der Waals surface area contributed by atoms with Crippen LogP contribution in [0.25, 0.3) is 0 Å². The van der Waals surface area contributed by atoms with Crippen LogP contribution in [0.5, 0.6) is 0 Å². The highest BCUT2D eigenvalue weighted by molar-refractivity contribution is 7.10. The molecule has 0 saturated heterocycles. The highest BCUT2D eigenvalue weighted by atomic mass is 31.0. The molecule has 6 heteroatoms. The molecule has 0 aromatic rings. The lowest BCUT2D eigenvalue weighted by Gasteiger charge is -2.22. The van der Waals surface area contributed by atoms with Crippen molar-refractivity contribution in [2.24, 2.45) is 11.8 Å². The number of rotatable bonds is 7. The average molecular weight is 308 g/mol. The summed E-state index contributed by atoms with van der Waals surface area (Å²) in [5, 5.41) is 0. The lowest BCUT2D eigenvalue weighted by molar-refractivity contribution is 0.178. The van der Waals surface area contributed by atoms with Crippen LogP contribution in [0.2, 0.25) is 0 Å². The zero-order valence-corrected chi connectivity index (χ0v) is 14.2. The molecule has 0 aliphatic heterocycles. The Hall–Kier alpha value is 0.650. The van der Waals surface area contributed by atoms with Gasteiger partial charge < -0.3 is 13.6 Å². The quantitative estimate of drug-likeness (QED) is 0.533. The van der Waals surface area contributed by atoms with Gasteiger partial charge in [-0.05, 0) is 19.3 Å². The van der Waals surface area contributed by atoms with Crippen LogP contribution in [-0.2, 0) is 13.6 Å². The van der Waals surface area contributed by atoms with Gasteiger partial charge >= 0.3 is 0 Å². The maximum absolute atomic E-state index is 5.49. The summed E-state index contributed by atoms with van der Waals surface area (Å²) < 4.78 is 16.1. The molecule has 0 amide bonds. The minimum absolute atomic E-state index is 0.0838. The van der Waals surface area contributed by atoms with E-state index in [-0.39, 0.29) is 18.3 Å². The Labute approximate surface area is 117 Å². The van der Waals surface area contributed by atoms with Gasteiger partial charge in [0.05, 0.1) is 18.3 Å². The van der Waals surface area contributed by atoms with Gasteiger partial charge in [-0.25, -0.2) is 0 Å². The van der Waals surface area contributed by atoms with Crippen LogP contribution < -0.4 is 0 Å². The molecule has 1 rings (SSSR count). The molecule has 3 nitrogen and oxygen atoms in total. The number of allylic oxidation sites excluding steroid dienone is 1. The van der Waals surface area contributed by atoms with Crippen LogP contribution in [0, 0.1) is 11.8 Å². The molecule has 0 aromatic carbocycles. The smallest absolute Gasteiger partial charge is 0.0763 e. The third-order valence-corrected chi connectivity index (χ3v) is 4.60. The molecule has 0 radical (unpaired) electrons. The maximum atomic E-state index is 5.49. The maximum Gasteiger partial charge on any atom is 0.0763 e. The van der Waals surface area contributed by atoms with E-state index in [4.69, 9.17) is 13.6 Å². The highest BCUT2D eigenvalue weighted by Gasteiger charge is 2.41. The van der Waals surface area contributed by atoms with Gasteiger partial charge in [0.2, 0.25) is 0 Å². The fraction of sp³-hybridized carbons (Fsp3) is 0.667. The van der Waals surface area contributed by atoms with Gasteiger partial charge in [0, 0.05) is 40.7 Å². The zero-order chi connectivity index (χ0) is 13.5. The van der Waals surface area contributed by atoms with Crippen molar-refractivity contribution in [3.63, 3.8) is 0 Å². The molecule has 0 aromatic heterocycles. The molecule has 18 heavy (non-hydrogen) atoms. The summed E-state index contributed by atoms with van der Waals surface area (Å²) in [6, 6.07) is 0. The van der Waals surface area contributed by atoms with E-state index in [1.165, 1.54) is 0 Å². The summed E-state index contributed by atoms with van der Waals surface area (Å²) >= 11 is 0. The molecule has 8 atom stereocenters. The van der Waals surface area contributed by atoms with Crippen molar-refractivity contribution >= 4 is 28.4 Å². The highest BCUT2D eigenvalue weighted by Crippen LogP contribution is 2.41. The van der Waals surface area contributed by atoms with Crippen molar-refractivity contribution in [1.29, 1.82) is 0 Å². The van der Waals surface area contributed by atoms with Crippen LogP contribution in [0.1, 0.15) is 19.8 Å². The Bertz CT molecular complexity index is 286. The Morgan fingerprint density at radius 1 is 1.28 bits per heavy atom. The van der Waals surface area contributed by atoms with Crippen LogP contribution in [0.4, 0.5) is 0 Å². The first-order valence-electron chi connectivity index (χ1n) is 6.03. The first-order chi connectivity index (χ1) is 8.67. The van der Waals surface area contributed by atoms with E-state index < -0.39 is 0 Å². The van der Waals surface area contributed by atoms with E-state index in [0.717, 1.165) is 12.8 Å². The molecule has 0 heterocycles. The molecule has 104 valence electrons. The van der Waals surface area contributed by atoms with Crippen molar-refractivity contribution in [1.82, 2.24) is 0 Å². The number of hydrogen-bond acceptors (Lipinski definition) is 3. The fourth-order valence-corrected chi connectivity index (χ4v) is 3.18. The first kappa shape index (κ1) is 16.7. The topological polar surface area (TPSA) is 27.7 Å². The largest absolute Gasteiger partial charge is 0.362 e. The van der Waals surface area contributed by atoms with E-state index in [2.05, 4.69) is 47.1 Å². The minimum atomic E-state index is 0.0838. The molecule has 0 bridgehead atoms. The van der Waals surface area contributed by atoms with Gasteiger partial charge in [-0.1, -0.05) is 18.2 Å². The summed E-state index contributed by atoms with van der Waals surface area (Å²) in [6.07, 6.45) is 8.46. The molecule has 1 aliphatic rings. The normalized spacial score (nSPS) is 34.0. The van der Waals surface area contributed by atoms with Gasteiger partial charge in [-0.3, -0.25) is 0 Å². The molecule has 1 fully saturated rings. The minimum Gasteiger partial charge on any atom is -0.362 e. The third-order valence-electron chi connectivity index (χ3n) is 3.47. The van der Waals surface area contributed by atoms with Gasteiger partial charge in [0.15, 0.2) is 0 Å². The van der Waals surface area contributed by atoms with Crippen LogP contribution in [0.15, 0.2) is 24.8 Å². The lowest BCUT2D eigenvalue weighted by Crippen LogP contribution is -2.20. The van der Waals surface area contributed by atoms with E-state index in [0.29, 0.717) is 11.8 Å². The van der Waals surface area contributed by atoms with Crippen molar-refractivity contribution in [3.05, 3.63) is 24.8 Å². The fourth-order valence-electron chi connectivity index (χ4n) is 2.49. The summed E-state index contributed by atoms with van der Waals surface area (Å²) in [4.78, 5) is 0. The predicted octanol–water partition coefficient (Wildman–Crippen LogP) is 3.30. The van der Waals surface area contributed by atoms with Gasteiger partial charge in [0.1, 0.15) is 0 Å². The molecule has 3 unspecified atom stereocenters. The van der Waals surface area contributed by atoms with Crippen molar-refractivity contribution in [2.75, 3.05) is 0 Å². The second-order valence-corrected chi connectivity index (χ2v) is 5.39. The monoisotopic (exact) mass is 308 g/mol. The standard InChI is InChI=1S/C12H23O3P3/c1-3-4-9-10(6-5-8(2)13-16)12(15-18)7-11(9)14-17/h3,5-6,8-12H,1,4,7,16-18H2,2H3/t8-,9+,10+,11-,12+/m0/s1. The predicted molar refractivity (Wildman–Crippen MR) is 85.0 cm³/mol. The first-order valence-corrected chi connectivity index (χ1v) is 7.45. The Kier molecular flexibility index (Phi) is 8.12. The second-order valence-electron chi connectivity index (χ2n) is 4.58. The summed E-state index contributed by atoms with van der Waals surface area (Å²) in [5.74, 6) is 0.729. The Balaban J connectivity index is 2.79. The summed E-state index contributed by atoms with van der Waals surface area (Å²) in [6.45, 7) is 5.83. The van der Waals surface area contributed by atoms with E-state index in [1.807, 2.05) is 13.0 Å². The van der Waals surface area contributed by atoms with E-state index in [1.54, 1.807) is 0 Å². The van der Waals surface area contributed by atoms with Crippen molar-refractivity contribution in [2.45, 2.75) is 38.1 Å². The van der Waals surface area contributed by atoms with Crippen molar-refractivity contribution < 1.29 is 13.6 Å². The molecule has 0 N–H and O–H groups in total.